The third-order valence-corrected chi connectivity index (χ3v) is 6.78. The Morgan fingerprint density at radius 2 is 1.82 bits per heavy atom. The number of hydrogen-bond acceptors (Lipinski definition) is 3. The van der Waals surface area contributed by atoms with Crippen LogP contribution in [0.4, 0.5) is 13.2 Å². The second-order valence-electron chi connectivity index (χ2n) is 7.54. The minimum Gasteiger partial charge on any atom is -0.311 e. The van der Waals surface area contributed by atoms with Crippen molar-refractivity contribution >= 4 is 10.0 Å². The van der Waals surface area contributed by atoms with Crippen molar-refractivity contribution in [3.8, 4) is 11.1 Å². The van der Waals surface area contributed by atoms with Crippen LogP contribution in [0.1, 0.15) is 23.6 Å². The van der Waals surface area contributed by atoms with Crippen molar-refractivity contribution < 1.29 is 21.6 Å². The van der Waals surface area contributed by atoms with E-state index in [1.165, 1.54) is 22.7 Å². The monoisotopic (exact) mass is 412 g/mol. The van der Waals surface area contributed by atoms with Gasteiger partial charge < -0.3 is 4.57 Å². The first-order valence-electron chi connectivity index (χ1n) is 8.90. The number of halogens is 3. The Morgan fingerprint density at radius 1 is 1.07 bits per heavy atom. The van der Waals surface area contributed by atoms with Crippen LogP contribution in [0.5, 0.6) is 0 Å². The van der Waals surface area contributed by atoms with Gasteiger partial charge in [-0.05, 0) is 42.2 Å². The van der Waals surface area contributed by atoms with Crippen molar-refractivity contribution in [2.45, 2.75) is 25.1 Å². The van der Waals surface area contributed by atoms with E-state index in [-0.39, 0.29) is 28.5 Å². The maximum atomic E-state index is 13.0. The molecule has 2 aliphatic heterocycles. The minimum atomic E-state index is -4.48. The number of rotatable bonds is 2. The molecule has 0 saturated carbocycles. The SMILES string of the molecule is CS(=O)(=O)N1CC2CC(C1)c1ccc(-c3cccc(C(F)(F)F)c3)c(=O)n1C2. The van der Waals surface area contributed by atoms with E-state index in [4.69, 9.17) is 0 Å². The first-order chi connectivity index (χ1) is 13.0. The maximum absolute atomic E-state index is 13.0. The maximum Gasteiger partial charge on any atom is 0.416 e. The van der Waals surface area contributed by atoms with E-state index >= 15 is 0 Å². The normalized spacial score (nSPS) is 22.7. The van der Waals surface area contributed by atoms with Gasteiger partial charge in [0.15, 0.2) is 0 Å². The highest BCUT2D eigenvalue weighted by atomic mass is 32.2. The van der Waals surface area contributed by atoms with Gasteiger partial charge in [0.1, 0.15) is 0 Å². The van der Waals surface area contributed by atoms with E-state index in [9.17, 15) is 26.4 Å². The van der Waals surface area contributed by atoms with Crippen LogP contribution in [0.3, 0.4) is 0 Å². The predicted octanol–water partition coefficient (Wildman–Crippen LogP) is 2.91. The lowest BCUT2D eigenvalue weighted by Crippen LogP contribution is -2.48. The standard InChI is InChI=1S/C19H19F3N2O3S/c1-28(26,27)23-9-12-7-14(11-23)17-6-5-16(18(25)24(17)10-12)13-3-2-4-15(8-13)19(20,21)22/h2-6,8,12,14H,7,9-11H2,1H3. The lowest BCUT2D eigenvalue weighted by molar-refractivity contribution is -0.137. The number of fused-ring (bicyclic) bond motifs is 4. The fraction of sp³-hybridized carbons (Fsp3) is 0.421. The number of alkyl halides is 3. The van der Waals surface area contributed by atoms with Crippen LogP contribution >= 0.6 is 0 Å². The molecule has 1 aromatic carbocycles. The molecule has 2 bridgehead atoms. The Morgan fingerprint density at radius 3 is 2.50 bits per heavy atom. The number of nitrogens with zero attached hydrogens (tertiary/aromatic N) is 2. The summed E-state index contributed by atoms with van der Waals surface area (Å²) in [5, 5.41) is 0. The summed E-state index contributed by atoms with van der Waals surface area (Å²) in [7, 11) is -3.31. The van der Waals surface area contributed by atoms with Gasteiger partial charge in [-0.15, -0.1) is 0 Å². The van der Waals surface area contributed by atoms with Crippen LogP contribution in [-0.4, -0.2) is 36.6 Å². The topological polar surface area (TPSA) is 59.4 Å². The molecule has 1 aromatic heterocycles. The molecule has 0 amide bonds. The van der Waals surface area contributed by atoms with Gasteiger partial charge in [-0.3, -0.25) is 4.79 Å². The van der Waals surface area contributed by atoms with E-state index in [1.54, 1.807) is 16.7 Å². The van der Waals surface area contributed by atoms with Gasteiger partial charge in [-0.1, -0.05) is 12.1 Å². The summed E-state index contributed by atoms with van der Waals surface area (Å²) in [5.41, 5.74) is 0.0517. The summed E-state index contributed by atoms with van der Waals surface area (Å²) >= 11 is 0. The molecular formula is C19H19F3N2O3S. The zero-order valence-corrected chi connectivity index (χ0v) is 15.9. The number of sulfonamides is 1. The van der Waals surface area contributed by atoms with Gasteiger partial charge in [-0.25, -0.2) is 12.7 Å². The number of piperidine rings is 1. The Labute approximate surface area is 160 Å². The van der Waals surface area contributed by atoms with Gasteiger partial charge >= 0.3 is 6.18 Å². The Bertz CT molecular complexity index is 1090. The third-order valence-electron chi connectivity index (χ3n) is 5.54. The molecule has 2 aromatic rings. The van der Waals surface area contributed by atoms with E-state index < -0.39 is 21.8 Å². The molecule has 0 radical (unpaired) electrons. The molecule has 0 N–H and O–H groups in total. The molecule has 2 atom stereocenters. The summed E-state index contributed by atoms with van der Waals surface area (Å²) in [6.07, 6.45) is -2.50. The fourth-order valence-electron chi connectivity index (χ4n) is 4.26. The van der Waals surface area contributed by atoms with Crippen molar-refractivity contribution in [2.75, 3.05) is 19.3 Å². The lowest BCUT2D eigenvalue weighted by Gasteiger charge is -2.41. The summed E-state index contributed by atoms with van der Waals surface area (Å²) < 4.78 is 65.9. The Balaban J connectivity index is 1.75. The Hall–Kier alpha value is -2.13. The molecule has 150 valence electrons. The fourth-order valence-corrected chi connectivity index (χ4v) is 5.19. The molecule has 2 unspecified atom stereocenters. The quantitative estimate of drug-likeness (QED) is 0.762. The average molecular weight is 412 g/mol. The van der Waals surface area contributed by atoms with E-state index in [0.717, 1.165) is 24.2 Å². The van der Waals surface area contributed by atoms with Crippen molar-refractivity contribution in [1.82, 2.24) is 8.87 Å². The van der Waals surface area contributed by atoms with Crippen LogP contribution < -0.4 is 5.56 Å². The molecule has 0 spiro atoms. The number of benzene rings is 1. The van der Waals surface area contributed by atoms with Crippen molar-refractivity contribution in [3.63, 3.8) is 0 Å². The molecule has 1 saturated heterocycles. The Kier molecular flexibility index (Phi) is 4.42. The highest BCUT2D eigenvalue weighted by Crippen LogP contribution is 2.37. The van der Waals surface area contributed by atoms with Crippen molar-refractivity contribution in [2.24, 2.45) is 5.92 Å². The number of hydrogen-bond donors (Lipinski definition) is 0. The molecule has 3 heterocycles. The van der Waals surface area contributed by atoms with E-state index in [1.807, 2.05) is 0 Å². The third kappa shape index (κ3) is 3.37. The summed E-state index contributed by atoms with van der Waals surface area (Å²) in [4.78, 5) is 13.0. The molecule has 9 heteroatoms. The van der Waals surface area contributed by atoms with Gasteiger partial charge in [0, 0.05) is 36.8 Å². The zero-order valence-electron chi connectivity index (χ0n) is 15.1. The molecule has 5 nitrogen and oxygen atoms in total. The molecule has 28 heavy (non-hydrogen) atoms. The van der Waals surface area contributed by atoms with Crippen LogP contribution in [0.25, 0.3) is 11.1 Å². The predicted molar refractivity (Wildman–Crippen MR) is 98.4 cm³/mol. The summed E-state index contributed by atoms with van der Waals surface area (Å²) in [6, 6.07) is 8.03. The second kappa shape index (κ2) is 6.45. The van der Waals surface area contributed by atoms with Crippen LogP contribution in [0.15, 0.2) is 41.2 Å². The summed E-state index contributed by atoms with van der Waals surface area (Å²) in [6.45, 7) is 1.04. The van der Waals surface area contributed by atoms with Gasteiger partial charge in [0.2, 0.25) is 10.0 Å². The first kappa shape index (κ1) is 19.2. The van der Waals surface area contributed by atoms with Crippen LogP contribution in [-0.2, 0) is 22.7 Å². The number of pyridine rings is 1. The second-order valence-corrected chi connectivity index (χ2v) is 9.53. The van der Waals surface area contributed by atoms with Gasteiger partial charge in [-0.2, -0.15) is 13.2 Å². The van der Waals surface area contributed by atoms with Crippen LogP contribution in [0.2, 0.25) is 0 Å². The zero-order chi connectivity index (χ0) is 20.3. The van der Waals surface area contributed by atoms with E-state index in [0.29, 0.717) is 19.6 Å². The smallest absolute Gasteiger partial charge is 0.311 e. The van der Waals surface area contributed by atoms with E-state index in [2.05, 4.69) is 0 Å². The molecule has 1 fully saturated rings. The van der Waals surface area contributed by atoms with Gasteiger partial charge in [0.25, 0.3) is 5.56 Å². The van der Waals surface area contributed by atoms with Crippen molar-refractivity contribution in [3.05, 3.63) is 58.0 Å². The van der Waals surface area contributed by atoms with Crippen LogP contribution in [0, 0.1) is 5.92 Å². The first-order valence-corrected chi connectivity index (χ1v) is 10.8. The highest BCUT2D eigenvalue weighted by molar-refractivity contribution is 7.88. The molecule has 0 aliphatic carbocycles. The summed E-state index contributed by atoms with van der Waals surface area (Å²) in [5.74, 6) is -0.0825. The largest absolute Gasteiger partial charge is 0.416 e. The van der Waals surface area contributed by atoms with Gasteiger partial charge in [0.05, 0.1) is 11.8 Å². The molecule has 4 rings (SSSR count). The minimum absolute atomic E-state index is 0.00966. The molecule has 2 aliphatic rings. The molecular weight excluding hydrogens is 393 g/mol. The lowest BCUT2D eigenvalue weighted by atomic mass is 9.84. The number of aromatic nitrogens is 1. The van der Waals surface area contributed by atoms with Crippen molar-refractivity contribution in [1.29, 1.82) is 0 Å². The average Bonchev–Trinajstić information content (AvgIpc) is 2.61. The highest BCUT2D eigenvalue weighted by Gasteiger charge is 2.38.